The predicted octanol–water partition coefficient (Wildman–Crippen LogP) is 3.11. The average molecular weight is 286 g/mol. The van der Waals surface area contributed by atoms with Crippen molar-refractivity contribution in [3.8, 4) is 5.75 Å². The van der Waals surface area contributed by atoms with Crippen molar-refractivity contribution in [2.75, 3.05) is 19.7 Å². The number of aliphatic hydroxyl groups excluding tert-OH is 1. The van der Waals surface area contributed by atoms with Crippen LogP contribution in [0.1, 0.15) is 26.7 Å². The van der Waals surface area contributed by atoms with Crippen LogP contribution in [0.3, 0.4) is 0 Å². The van der Waals surface area contributed by atoms with Crippen molar-refractivity contribution >= 4 is 11.6 Å². The second-order valence-corrected chi connectivity index (χ2v) is 5.60. The highest BCUT2D eigenvalue weighted by Gasteiger charge is 2.04. The first-order valence-corrected chi connectivity index (χ1v) is 7.23. The lowest BCUT2D eigenvalue weighted by molar-refractivity contribution is 0.106. The molecular formula is C15H24ClNO2. The van der Waals surface area contributed by atoms with Gasteiger partial charge in [-0.25, -0.2) is 0 Å². The molecule has 1 aromatic rings. The fraction of sp³-hybridized carbons (Fsp3) is 0.600. The van der Waals surface area contributed by atoms with Crippen LogP contribution in [-0.2, 0) is 0 Å². The number of ether oxygens (including phenoxy) is 1. The molecule has 0 radical (unpaired) electrons. The van der Waals surface area contributed by atoms with E-state index in [1.54, 1.807) is 24.3 Å². The summed E-state index contributed by atoms with van der Waals surface area (Å²) < 4.78 is 5.47. The number of hydrogen-bond donors (Lipinski definition) is 2. The van der Waals surface area contributed by atoms with E-state index in [1.807, 2.05) is 0 Å². The molecule has 1 atom stereocenters. The van der Waals surface area contributed by atoms with Gasteiger partial charge in [-0.15, -0.1) is 0 Å². The third-order valence-corrected chi connectivity index (χ3v) is 3.02. The molecule has 0 aromatic heterocycles. The van der Waals surface area contributed by atoms with E-state index in [1.165, 1.54) is 6.42 Å². The Morgan fingerprint density at radius 1 is 1.26 bits per heavy atom. The second-order valence-electron chi connectivity index (χ2n) is 5.16. The molecule has 0 aliphatic rings. The van der Waals surface area contributed by atoms with Gasteiger partial charge in [-0.3, -0.25) is 0 Å². The fourth-order valence-corrected chi connectivity index (χ4v) is 1.81. The molecule has 0 aliphatic heterocycles. The Hall–Kier alpha value is -0.770. The topological polar surface area (TPSA) is 41.5 Å². The summed E-state index contributed by atoms with van der Waals surface area (Å²) in [7, 11) is 0. The molecule has 0 amide bonds. The Morgan fingerprint density at radius 2 is 1.95 bits per heavy atom. The van der Waals surface area contributed by atoms with Gasteiger partial charge in [0.1, 0.15) is 18.5 Å². The number of aliphatic hydroxyl groups is 1. The molecule has 0 heterocycles. The molecule has 0 bridgehead atoms. The van der Waals surface area contributed by atoms with Crippen LogP contribution in [0.2, 0.25) is 5.02 Å². The summed E-state index contributed by atoms with van der Waals surface area (Å²) in [5, 5.41) is 13.7. The molecule has 1 rings (SSSR count). The highest BCUT2D eigenvalue weighted by Crippen LogP contribution is 2.15. The monoisotopic (exact) mass is 285 g/mol. The smallest absolute Gasteiger partial charge is 0.119 e. The van der Waals surface area contributed by atoms with Gasteiger partial charge in [-0.05, 0) is 49.6 Å². The van der Waals surface area contributed by atoms with Gasteiger partial charge in [0.2, 0.25) is 0 Å². The molecule has 0 fully saturated rings. The van der Waals surface area contributed by atoms with Crippen LogP contribution in [0.4, 0.5) is 0 Å². The summed E-state index contributed by atoms with van der Waals surface area (Å²) in [4.78, 5) is 0. The van der Waals surface area contributed by atoms with Crippen LogP contribution >= 0.6 is 11.6 Å². The minimum absolute atomic E-state index is 0.290. The first-order chi connectivity index (χ1) is 9.08. The van der Waals surface area contributed by atoms with Crippen LogP contribution in [-0.4, -0.2) is 30.9 Å². The molecule has 2 N–H and O–H groups in total. The van der Waals surface area contributed by atoms with E-state index < -0.39 is 6.10 Å². The van der Waals surface area contributed by atoms with Gasteiger partial charge in [-0.1, -0.05) is 25.4 Å². The van der Waals surface area contributed by atoms with Crippen LogP contribution in [0, 0.1) is 5.92 Å². The maximum absolute atomic E-state index is 9.76. The number of halogens is 1. The summed E-state index contributed by atoms with van der Waals surface area (Å²) in [6, 6.07) is 7.14. The summed E-state index contributed by atoms with van der Waals surface area (Å²) in [5.41, 5.74) is 0. The normalized spacial score (nSPS) is 12.7. The molecule has 19 heavy (non-hydrogen) atoms. The minimum Gasteiger partial charge on any atom is -0.491 e. The highest BCUT2D eigenvalue weighted by molar-refractivity contribution is 6.30. The van der Waals surface area contributed by atoms with Gasteiger partial charge in [0.05, 0.1) is 0 Å². The number of hydrogen-bond acceptors (Lipinski definition) is 3. The van der Waals surface area contributed by atoms with E-state index in [0.29, 0.717) is 18.2 Å². The van der Waals surface area contributed by atoms with Gasteiger partial charge < -0.3 is 15.2 Å². The van der Waals surface area contributed by atoms with Crippen LogP contribution < -0.4 is 10.1 Å². The first kappa shape index (κ1) is 16.3. The maximum Gasteiger partial charge on any atom is 0.119 e. The molecule has 0 aliphatic carbocycles. The van der Waals surface area contributed by atoms with E-state index in [0.717, 1.165) is 24.6 Å². The minimum atomic E-state index is -0.491. The van der Waals surface area contributed by atoms with Crippen molar-refractivity contribution in [2.24, 2.45) is 5.92 Å². The third kappa shape index (κ3) is 8.09. The van der Waals surface area contributed by atoms with Gasteiger partial charge >= 0.3 is 0 Å². The van der Waals surface area contributed by atoms with Gasteiger partial charge in [0.25, 0.3) is 0 Å². The summed E-state index contributed by atoms with van der Waals surface area (Å²) in [6.45, 7) is 6.23. The second kappa shape index (κ2) is 9.18. The van der Waals surface area contributed by atoms with Crippen molar-refractivity contribution in [2.45, 2.75) is 32.8 Å². The fourth-order valence-electron chi connectivity index (χ4n) is 1.69. The lowest BCUT2D eigenvalue weighted by Crippen LogP contribution is -2.32. The Morgan fingerprint density at radius 3 is 2.58 bits per heavy atom. The molecule has 1 aromatic carbocycles. The van der Waals surface area contributed by atoms with E-state index >= 15 is 0 Å². The lowest BCUT2D eigenvalue weighted by Gasteiger charge is -2.13. The lowest BCUT2D eigenvalue weighted by atomic mass is 10.1. The van der Waals surface area contributed by atoms with Gasteiger partial charge in [-0.2, -0.15) is 0 Å². The van der Waals surface area contributed by atoms with Crippen LogP contribution in [0.15, 0.2) is 24.3 Å². The van der Waals surface area contributed by atoms with Crippen LogP contribution in [0.25, 0.3) is 0 Å². The summed E-state index contributed by atoms with van der Waals surface area (Å²) in [6.07, 6.45) is 1.86. The SMILES string of the molecule is CC(C)CCCNCC(O)COc1ccc(Cl)cc1. The van der Waals surface area contributed by atoms with Crippen molar-refractivity contribution in [3.05, 3.63) is 29.3 Å². The van der Waals surface area contributed by atoms with Crippen molar-refractivity contribution < 1.29 is 9.84 Å². The summed E-state index contributed by atoms with van der Waals surface area (Å²) in [5.74, 6) is 1.46. The van der Waals surface area contributed by atoms with E-state index in [9.17, 15) is 5.11 Å². The molecular weight excluding hydrogens is 262 g/mol. The van der Waals surface area contributed by atoms with Crippen molar-refractivity contribution in [1.82, 2.24) is 5.32 Å². The predicted molar refractivity (Wildman–Crippen MR) is 79.9 cm³/mol. The molecule has 0 spiro atoms. The zero-order chi connectivity index (χ0) is 14.1. The number of benzene rings is 1. The Bertz CT molecular complexity index is 341. The molecule has 3 nitrogen and oxygen atoms in total. The molecule has 0 saturated carbocycles. The standard InChI is InChI=1S/C15H24ClNO2/c1-12(2)4-3-9-17-10-14(18)11-19-15-7-5-13(16)6-8-15/h5-8,12,14,17-18H,3-4,9-11H2,1-2H3. The zero-order valence-electron chi connectivity index (χ0n) is 11.7. The quantitative estimate of drug-likeness (QED) is 0.685. The van der Waals surface area contributed by atoms with E-state index in [2.05, 4.69) is 19.2 Å². The third-order valence-electron chi connectivity index (χ3n) is 2.77. The maximum atomic E-state index is 9.76. The van der Waals surface area contributed by atoms with Crippen molar-refractivity contribution in [3.63, 3.8) is 0 Å². The van der Waals surface area contributed by atoms with E-state index in [-0.39, 0.29) is 0 Å². The summed E-state index contributed by atoms with van der Waals surface area (Å²) >= 11 is 5.78. The average Bonchev–Trinajstić information content (AvgIpc) is 2.37. The zero-order valence-corrected chi connectivity index (χ0v) is 12.5. The molecule has 108 valence electrons. The largest absolute Gasteiger partial charge is 0.491 e. The van der Waals surface area contributed by atoms with Gasteiger partial charge in [0, 0.05) is 11.6 Å². The number of rotatable bonds is 9. The highest BCUT2D eigenvalue weighted by atomic mass is 35.5. The Kier molecular flexibility index (Phi) is 7.87. The van der Waals surface area contributed by atoms with Crippen molar-refractivity contribution in [1.29, 1.82) is 0 Å². The Labute approximate surface area is 120 Å². The Balaban J connectivity index is 2.07. The first-order valence-electron chi connectivity index (χ1n) is 6.85. The van der Waals surface area contributed by atoms with Crippen LogP contribution in [0.5, 0.6) is 5.75 Å². The van der Waals surface area contributed by atoms with Gasteiger partial charge in [0.15, 0.2) is 0 Å². The molecule has 1 unspecified atom stereocenters. The van der Waals surface area contributed by atoms with E-state index in [4.69, 9.17) is 16.3 Å². The molecule has 0 saturated heterocycles. The number of nitrogens with one attached hydrogen (secondary N) is 1. The molecule has 4 heteroatoms.